The van der Waals surface area contributed by atoms with Crippen molar-refractivity contribution in [2.75, 3.05) is 13.1 Å². The van der Waals surface area contributed by atoms with Gasteiger partial charge in [-0.05, 0) is 38.4 Å². The van der Waals surface area contributed by atoms with Crippen LogP contribution >= 0.6 is 0 Å². The molecule has 3 heterocycles. The van der Waals surface area contributed by atoms with E-state index >= 15 is 0 Å². The number of nitrogens with zero attached hydrogens (tertiary/aromatic N) is 4. The van der Waals surface area contributed by atoms with E-state index in [1.165, 1.54) is 30.0 Å². The van der Waals surface area contributed by atoms with E-state index in [1.54, 1.807) is 0 Å². The van der Waals surface area contributed by atoms with E-state index in [0.29, 0.717) is 5.56 Å². The largest absolute Gasteiger partial charge is 0.298 e. The Kier molecular flexibility index (Phi) is 4.78. The molecule has 0 amide bonds. The Morgan fingerprint density at radius 1 is 1.26 bits per heavy atom. The summed E-state index contributed by atoms with van der Waals surface area (Å²) >= 11 is 0. The standard InChI is InChI=1S/C20H23F2N5/c1-13-15(10-26(2)25-13)12-27-8-4-5-14(11-27)20-16(9-23-24-20)19-17(21)6-3-7-18(19)22/h3,6-7,9-10,14H,4-5,8,11-12H2,1-2H3,(H,23,24). The van der Waals surface area contributed by atoms with Gasteiger partial charge in [0.15, 0.2) is 0 Å². The lowest BCUT2D eigenvalue weighted by Crippen LogP contribution is -2.34. The molecular weight excluding hydrogens is 348 g/mol. The lowest BCUT2D eigenvalue weighted by Gasteiger charge is -2.32. The predicted octanol–water partition coefficient (Wildman–Crippen LogP) is 3.78. The van der Waals surface area contributed by atoms with Crippen LogP contribution in [-0.4, -0.2) is 38.0 Å². The van der Waals surface area contributed by atoms with Gasteiger partial charge in [0.1, 0.15) is 11.6 Å². The van der Waals surface area contributed by atoms with Crippen LogP contribution in [0.5, 0.6) is 0 Å². The van der Waals surface area contributed by atoms with E-state index in [9.17, 15) is 8.78 Å². The molecule has 1 fully saturated rings. The second kappa shape index (κ2) is 7.23. The zero-order chi connectivity index (χ0) is 19.0. The van der Waals surface area contributed by atoms with Crippen LogP contribution in [-0.2, 0) is 13.6 Å². The maximum absolute atomic E-state index is 14.3. The highest BCUT2D eigenvalue weighted by Crippen LogP contribution is 2.35. The van der Waals surface area contributed by atoms with Crippen molar-refractivity contribution < 1.29 is 8.78 Å². The molecule has 5 nitrogen and oxygen atoms in total. The second-order valence-corrected chi connectivity index (χ2v) is 7.28. The van der Waals surface area contributed by atoms with Gasteiger partial charge >= 0.3 is 0 Å². The number of aryl methyl sites for hydroxylation is 2. The van der Waals surface area contributed by atoms with Crippen molar-refractivity contribution in [2.24, 2.45) is 7.05 Å². The molecule has 0 radical (unpaired) electrons. The highest BCUT2D eigenvalue weighted by Gasteiger charge is 2.27. The number of benzene rings is 1. The van der Waals surface area contributed by atoms with Crippen LogP contribution in [0, 0.1) is 18.6 Å². The lowest BCUT2D eigenvalue weighted by molar-refractivity contribution is 0.198. The summed E-state index contributed by atoms with van der Waals surface area (Å²) in [6.07, 6.45) is 5.58. The molecule has 7 heteroatoms. The van der Waals surface area contributed by atoms with Gasteiger partial charge in [0.25, 0.3) is 0 Å². The van der Waals surface area contributed by atoms with Crippen LogP contribution in [0.25, 0.3) is 11.1 Å². The van der Waals surface area contributed by atoms with Crippen LogP contribution in [0.2, 0.25) is 0 Å². The molecule has 0 spiro atoms. The highest BCUT2D eigenvalue weighted by molar-refractivity contribution is 5.67. The molecule has 142 valence electrons. The SMILES string of the molecule is Cc1nn(C)cc1CN1CCCC(c2[nH]ncc2-c2c(F)cccc2F)C1. The minimum absolute atomic E-state index is 0.00137. The van der Waals surface area contributed by atoms with Gasteiger partial charge in [-0.1, -0.05) is 6.07 Å². The molecular formula is C20H23F2N5. The summed E-state index contributed by atoms with van der Waals surface area (Å²) in [6.45, 7) is 4.67. The summed E-state index contributed by atoms with van der Waals surface area (Å²) in [5.41, 5.74) is 3.58. The van der Waals surface area contributed by atoms with Gasteiger partial charge in [0.05, 0.1) is 17.5 Å². The van der Waals surface area contributed by atoms with E-state index in [2.05, 4.69) is 26.4 Å². The van der Waals surface area contributed by atoms with Crippen molar-refractivity contribution in [3.8, 4) is 11.1 Å². The molecule has 4 rings (SSSR count). The number of hydrogen-bond donors (Lipinski definition) is 1. The zero-order valence-corrected chi connectivity index (χ0v) is 15.5. The number of aromatic nitrogens is 4. The summed E-state index contributed by atoms with van der Waals surface area (Å²) in [6, 6.07) is 3.95. The van der Waals surface area contributed by atoms with E-state index in [-0.39, 0.29) is 11.5 Å². The molecule has 0 bridgehead atoms. The Balaban J connectivity index is 1.58. The van der Waals surface area contributed by atoms with Gasteiger partial charge in [-0.15, -0.1) is 0 Å². The normalized spacial score (nSPS) is 18.1. The minimum Gasteiger partial charge on any atom is -0.298 e. The first-order valence-electron chi connectivity index (χ1n) is 9.22. The fourth-order valence-electron chi connectivity index (χ4n) is 4.04. The molecule has 1 aromatic carbocycles. The van der Waals surface area contributed by atoms with Crippen LogP contribution in [0.15, 0.2) is 30.6 Å². The number of piperidine rings is 1. The highest BCUT2D eigenvalue weighted by atomic mass is 19.1. The summed E-state index contributed by atoms with van der Waals surface area (Å²) in [5, 5.41) is 11.5. The van der Waals surface area contributed by atoms with Crippen molar-refractivity contribution in [1.29, 1.82) is 0 Å². The van der Waals surface area contributed by atoms with Crippen molar-refractivity contribution in [1.82, 2.24) is 24.9 Å². The van der Waals surface area contributed by atoms with Gasteiger partial charge in [0.2, 0.25) is 0 Å². The minimum atomic E-state index is -0.559. The monoisotopic (exact) mass is 371 g/mol. The molecule has 3 aromatic rings. The Morgan fingerprint density at radius 2 is 2.04 bits per heavy atom. The third-order valence-corrected chi connectivity index (χ3v) is 5.32. The third kappa shape index (κ3) is 3.51. The number of aromatic amines is 1. The molecule has 0 aliphatic carbocycles. The number of halogens is 2. The second-order valence-electron chi connectivity index (χ2n) is 7.28. The van der Waals surface area contributed by atoms with Crippen molar-refractivity contribution in [2.45, 2.75) is 32.2 Å². The van der Waals surface area contributed by atoms with Gasteiger partial charge < -0.3 is 0 Å². The van der Waals surface area contributed by atoms with Crippen LogP contribution in [0.4, 0.5) is 8.78 Å². The molecule has 1 atom stereocenters. The average Bonchev–Trinajstić information content (AvgIpc) is 3.22. The quantitative estimate of drug-likeness (QED) is 0.759. The summed E-state index contributed by atoms with van der Waals surface area (Å²) in [4.78, 5) is 2.38. The summed E-state index contributed by atoms with van der Waals surface area (Å²) in [7, 11) is 1.93. The van der Waals surface area contributed by atoms with Crippen molar-refractivity contribution in [3.63, 3.8) is 0 Å². The number of hydrogen-bond acceptors (Lipinski definition) is 3. The molecule has 2 aromatic heterocycles. The maximum atomic E-state index is 14.3. The fraction of sp³-hybridized carbons (Fsp3) is 0.400. The van der Waals surface area contributed by atoms with Crippen molar-refractivity contribution in [3.05, 3.63) is 59.2 Å². The smallest absolute Gasteiger partial charge is 0.134 e. The molecule has 1 aliphatic heterocycles. The molecule has 0 saturated carbocycles. The van der Waals surface area contributed by atoms with Crippen molar-refractivity contribution >= 4 is 0 Å². The summed E-state index contributed by atoms with van der Waals surface area (Å²) < 4.78 is 30.4. The zero-order valence-electron chi connectivity index (χ0n) is 15.5. The first kappa shape index (κ1) is 17.9. The topological polar surface area (TPSA) is 49.7 Å². The number of H-pyrrole nitrogens is 1. The predicted molar refractivity (Wildman–Crippen MR) is 99.1 cm³/mol. The molecule has 27 heavy (non-hydrogen) atoms. The lowest BCUT2D eigenvalue weighted by atomic mass is 9.90. The first-order valence-corrected chi connectivity index (χ1v) is 9.22. The summed E-state index contributed by atoms with van der Waals surface area (Å²) in [5.74, 6) is -0.958. The third-order valence-electron chi connectivity index (χ3n) is 5.32. The first-order chi connectivity index (χ1) is 13.0. The van der Waals surface area contributed by atoms with Crippen LogP contribution in [0.1, 0.15) is 35.7 Å². The van der Waals surface area contributed by atoms with Gasteiger partial charge in [0, 0.05) is 49.1 Å². The van der Waals surface area contributed by atoms with Gasteiger partial charge in [-0.3, -0.25) is 14.7 Å². The van der Waals surface area contributed by atoms with E-state index in [1.807, 2.05) is 18.7 Å². The fourth-order valence-corrected chi connectivity index (χ4v) is 4.04. The molecule has 1 aliphatic rings. The Morgan fingerprint density at radius 3 is 2.74 bits per heavy atom. The Hall–Kier alpha value is -2.54. The Labute approximate surface area is 157 Å². The van der Waals surface area contributed by atoms with E-state index < -0.39 is 11.6 Å². The average molecular weight is 371 g/mol. The number of rotatable bonds is 4. The van der Waals surface area contributed by atoms with Crippen LogP contribution < -0.4 is 0 Å². The Bertz CT molecular complexity index is 926. The maximum Gasteiger partial charge on any atom is 0.134 e. The molecule has 1 saturated heterocycles. The van der Waals surface area contributed by atoms with Gasteiger partial charge in [-0.2, -0.15) is 10.2 Å². The van der Waals surface area contributed by atoms with Gasteiger partial charge in [-0.25, -0.2) is 8.78 Å². The number of nitrogens with one attached hydrogen (secondary N) is 1. The van der Waals surface area contributed by atoms with E-state index in [4.69, 9.17) is 0 Å². The molecule has 1 N–H and O–H groups in total. The number of likely N-dealkylation sites (tertiary alicyclic amines) is 1. The molecule has 1 unspecified atom stereocenters. The van der Waals surface area contributed by atoms with E-state index in [0.717, 1.165) is 43.9 Å². The van der Waals surface area contributed by atoms with Crippen LogP contribution in [0.3, 0.4) is 0 Å².